The van der Waals surface area contributed by atoms with E-state index in [0.29, 0.717) is 11.3 Å². The van der Waals surface area contributed by atoms with Crippen molar-refractivity contribution in [2.24, 2.45) is 22.7 Å². The van der Waals surface area contributed by atoms with Crippen LogP contribution in [-0.4, -0.2) is 11.2 Å². The molecule has 4 unspecified atom stereocenters. The molecule has 1 nitrogen and oxygen atoms in total. The highest BCUT2D eigenvalue weighted by Gasteiger charge is 2.68. The van der Waals surface area contributed by atoms with Crippen LogP contribution in [0, 0.1) is 22.7 Å². The molecule has 1 spiro atoms. The molecule has 0 aromatic heterocycles. The minimum absolute atomic E-state index is 0.0625. The first-order chi connectivity index (χ1) is 5.58. The Bertz CT molecular complexity index is 266. The number of hydrogen-bond acceptors (Lipinski definition) is 1. The zero-order valence-electron chi connectivity index (χ0n) is 7.75. The molecule has 3 saturated carbocycles. The first kappa shape index (κ1) is 7.14. The van der Waals surface area contributed by atoms with Gasteiger partial charge in [0.25, 0.3) is 0 Å². The molecule has 0 saturated heterocycles. The summed E-state index contributed by atoms with van der Waals surface area (Å²) in [7, 11) is 0. The van der Waals surface area contributed by atoms with Crippen molar-refractivity contribution in [1.29, 1.82) is 0 Å². The number of rotatable bonds is 0. The van der Waals surface area contributed by atoms with Crippen LogP contribution in [0.5, 0.6) is 0 Å². The minimum atomic E-state index is -0.0625. The van der Waals surface area contributed by atoms with Crippen LogP contribution in [0.15, 0.2) is 12.2 Å². The Balaban J connectivity index is 2.16. The van der Waals surface area contributed by atoms with Crippen molar-refractivity contribution in [3.8, 4) is 0 Å². The third-order valence-electron chi connectivity index (χ3n) is 4.93. The molecule has 6 aliphatic carbocycles. The predicted octanol–water partition coefficient (Wildman–Crippen LogP) is 1.97. The average molecular weight is 164 g/mol. The molecule has 3 fully saturated rings. The van der Waals surface area contributed by atoms with Gasteiger partial charge < -0.3 is 5.11 Å². The van der Waals surface area contributed by atoms with E-state index in [1.54, 1.807) is 0 Å². The number of allylic oxidation sites excluding steroid dienone is 1. The van der Waals surface area contributed by atoms with Crippen molar-refractivity contribution in [3.63, 3.8) is 0 Å². The van der Waals surface area contributed by atoms with Gasteiger partial charge in [-0.2, -0.15) is 0 Å². The van der Waals surface area contributed by atoms with E-state index in [1.165, 1.54) is 6.42 Å². The molecule has 0 radical (unpaired) electrons. The van der Waals surface area contributed by atoms with Gasteiger partial charge in [0.05, 0.1) is 6.10 Å². The summed E-state index contributed by atoms with van der Waals surface area (Å²) in [5, 5.41) is 9.98. The van der Waals surface area contributed by atoms with Gasteiger partial charge >= 0.3 is 0 Å². The van der Waals surface area contributed by atoms with Gasteiger partial charge in [-0.3, -0.25) is 0 Å². The molecule has 6 rings (SSSR count). The van der Waals surface area contributed by atoms with E-state index in [9.17, 15) is 5.11 Å². The number of aliphatic hydroxyl groups is 1. The molecule has 4 atom stereocenters. The molecule has 6 aliphatic rings. The largest absolute Gasteiger partial charge is 0.392 e. The predicted molar refractivity (Wildman–Crippen MR) is 47.6 cm³/mol. The molecule has 0 heterocycles. The number of hydrogen-bond donors (Lipinski definition) is 1. The molecular formula is C11H16O. The summed E-state index contributed by atoms with van der Waals surface area (Å²) in [5.41, 5.74) is 0.524. The maximum Gasteiger partial charge on any atom is 0.0641 e. The zero-order chi connectivity index (χ0) is 8.56. The van der Waals surface area contributed by atoms with Gasteiger partial charge in [0.2, 0.25) is 0 Å². The average Bonchev–Trinajstić information content (AvgIpc) is 2.04. The van der Waals surface area contributed by atoms with E-state index in [1.807, 2.05) is 0 Å². The summed E-state index contributed by atoms with van der Waals surface area (Å²) in [6.07, 6.45) is 6.83. The van der Waals surface area contributed by atoms with E-state index in [2.05, 4.69) is 26.0 Å². The van der Waals surface area contributed by atoms with Gasteiger partial charge in [-0.05, 0) is 30.1 Å². The Labute approximate surface area is 73.5 Å². The zero-order valence-corrected chi connectivity index (χ0v) is 7.75. The summed E-state index contributed by atoms with van der Waals surface area (Å²) in [6, 6.07) is 0. The Morgan fingerprint density at radius 3 is 2.50 bits per heavy atom. The van der Waals surface area contributed by atoms with Crippen molar-refractivity contribution in [2.45, 2.75) is 32.8 Å². The normalized spacial score (nSPS) is 58.4. The highest BCUT2D eigenvalue weighted by molar-refractivity contribution is 5.31. The van der Waals surface area contributed by atoms with Gasteiger partial charge in [0, 0.05) is 5.41 Å². The van der Waals surface area contributed by atoms with E-state index in [0.717, 1.165) is 12.3 Å². The number of aliphatic hydroxyl groups excluding tert-OH is 1. The highest BCUT2D eigenvalue weighted by Crippen LogP contribution is 2.72. The molecular weight excluding hydrogens is 148 g/mol. The lowest BCUT2D eigenvalue weighted by Gasteiger charge is -2.71. The fraction of sp³-hybridized carbons (Fsp3) is 0.818. The Morgan fingerprint density at radius 2 is 2.17 bits per heavy atom. The van der Waals surface area contributed by atoms with E-state index >= 15 is 0 Å². The third kappa shape index (κ3) is 0.466. The van der Waals surface area contributed by atoms with Crippen molar-refractivity contribution in [2.75, 3.05) is 0 Å². The first-order valence-corrected chi connectivity index (χ1v) is 4.95. The maximum absolute atomic E-state index is 9.98. The van der Waals surface area contributed by atoms with Gasteiger partial charge in [0.15, 0.2) is 0 Å². The highest BCUT2D eigenvalue weighted by atomic mass is 16.3. The van der Waals surface area contributed by atoms with Gasteiger partial charge in [-0.1, -0.05) is 26.0 Å². The van der Waals surface area contributed by atoms with Crippen LogP contribution in [0.25, 0.3) is 0 Å². The third-order valence-corrected chi connectivity index (χ3v) is 4.93. The van der Waals surface area contributed by atoms with Crippen molar-refractivity contribution < 1.29 is 5.11 Å². The lowest BCUT2D eigenvalue weighted by molar-refractivity contribution is -0.224. The van der Waals surface area contributed by atoms with Crippen LogP contribution in [0.1, 0.15) is 26.7 Å². The van der Waals surface area contributed by atoms with Crippen LogP contribution in [0.2, 0.25) is 0 Å². The maximum atomic E-state index is 9.98. The molecule has 0 amide bonds. The first-order valence-electron chi connectivity index (χ1n) is 4.95. The fourth-order valence-corrected chi connectivity index (χ4v) is 3.88. The topological polar surface area (TPSA) is 20.2 Å². The van der Waals surface area contributed by atoms with Crippen LogP contribution in [-0.2, 0) is 0 Å². The van der Waals surface area contributed by atoms with Crippen molar-refractivity contribution >= 4 is 0 Å². The fourth-order valence-electron chi connectivity index (χ4n) is 3.88. The minimum Gasteiger partial charge on any atom is -0.392 e. The Kier molecular flexibility index (Phi) is 0.981. The van der Waals surface area contributed by atoms with Crippen molar-refractivity contribution in [3.05, 3.63) is 12.2 Å². The molecule has 1 heteroatoms. The standard InChI is InChI=1S/C11H16O/c1-10(2)8-6-11(10)4-3-7(8)5-9(11)12/h3-4,7-9,12H,5-6H2,1-2H3. The molecule has 12 heavy (non-hydrogen) atoms. The lowest BCUT2D eigenvalue weighted by atomic mass is 9.34. The second-order valence-corrected chi connectivity index (χ2v) is 5.35. The second-order valence-electron chi connectivity index (χ2n) is 5.35. The summed E-state index contributed by atoms with van der Waals surface area (Å²) >= 11 is 0. The van der Waals surface area contributed by atoms with E-state index < -0.39 is 0 Å². The summed E-state index contributed by atoms with van der Waals surface area (Å²) in [6.45, 7) is 4.64. The van der Waals surface area contributed by atoms with Crippen molar-refractivity contribution in [1.82, 2.24) is 0 Å². The monoisotopic (exact) mass is 164 g/mol. The quantitative estimate of drug-likeness (QED) is 0.543. The Morgan fingerprint density at radius 1 is 1.42 bits per heavy atom. The summed E-state index contributed by atoms with van der Waals surface area (Å²) in [5.74, 6) is 1.52. The van der Waals surface area contributed by atoms with Gasteiger partial charge in [-0.15, -0.1) is 0 Å². The van der Waals surface area contributed by atoms with Gasteiger partial charge in [-0.25, -0.2) is 0 Å². The smallest absolute Gasteiger partial charge is 0.0641 e. The van der Waals surface area contributed by atoms with Crippen LogP contribution < -0.4 is 0 Å². The van der Waals surface area contributed by atoms with Crippen LogP contribution in [0.4, 0.5) is 0 Å². The molecule has 0 aromatic rings. The summed E-state index contributed by atoms with van der Waals surface area (Å²) < 4.78 is 0. The molecule has 3 bridgehead atoms. The van der Waals surface area contributed by atoms with Gasteiger partial charge in [0.1, 0.15) is 0 Å². The second kappa shape index (κ2) is 1.65. The molecule has 1 N–H and O–H groups in total. The molecule has 66 valence electrons. The lowest BCUT2D eigenvalue weighted by Crippen LogP contribution is -2.68. The van der Waals surface area contributed by atoms with E-state index in [4.69, 9.17) is 0 Å². The SMILES string of the molecule is CC1(C)C2CC13C=CC2CC3O. The Hall–Kier alpha value is -0.300. The molecule has 0 aliphatic heterocycles. The van der Waals surface area contributed by atoms with E-state index in [-0.39, 0.29) is 11.5 Å². The van der Waals surface area contributed by atoms with Crippen LogP contribution >= 0.6 is 0 Å². The summed E-state index contributed by atoms with van der Waals surface area (Å²) in [4.78, 5) is 0. The molecule has 0 aromatic carbocycles. The van der Waals surface area contributed by atoms with Crippen LogP contribution in [0.3, 0.4) is 0 Å².